The minimum Gasteiger partial charge on any atom is -0.303 e. The summed E-state index contributed by atoms with van der Waals surface area (Å²) in [5.41, 5.74) is 4.71. The van der Waals surface area contributed by atoms with E-state index in [-0.39, 0.29) is 11.8 Å². The van der Waals surface area contributed by atoms with E-state index in [4.69, 9.17) is 23.8 Å². The molecule has 1 fully saturated rings. The van der Waals surface area contributed by atoms with Gasteiger partial charge in [0.15, 0.2) is 4.32 Å². The third-order valence-corrected chi connectivity index (χ3v) is 7.05. The lowest BCUT2D eigenvalue weighted by atomic mass is 10.1. The molecule has 0 radical (unpaired) electrons. The van der Waals surface area contributed by atoms with Crippen molar-refractivity contribution in [1.29, 1.82) is 0 Å². The third-order valence-electron chi connectivity index (χ3n) is 5.45. The van der Waals surface area contributed by atoms with Crippen molar-refractivity contribution >= 4 is 68.7 Å². The number of thiocarbonyl (C=S) groups is 1. The fraction of sp³-hybridized carbons (Fsp3) is 0.0800. The molecule has 0 atom stereocenters. The van der Waals surface area contributed by atoms with Crippen LogP contribution in [-0.2, 0) is 16.1 Å². The molecule has 5 rings (SSSR count). The molecule has 1 saturated heterocycles. The Balaban J connectivity index is 1.57. The Morgan fingerprint density at radius 1 is 0.938 bits per heavy atom. The van der Waals surface area contributed by atoms with Gasteiger partial charge in [0.1, 0.15) is 0 Å². The molecule has 0 aliphatic carbocycles. The summed E-state index contributed by atoms with van der Waals surface area (Å²) in [6.45, 7) is 2.45. The first-order valence-corrected chi connectivity index (χ1v) is 11.6. The first kappa shape index (κ1) is 20.9. The molecule has 3 aromatic rings. The number of amides is 2. The molecular weight excluding hydrogens is 460 g/mol. The largest absolute Gasteiger partial charge is 0.303 e. The summed E-state index contributed by atoms with van der Waals surface area (Å²) in [5.74, 6) is -0.504. The van der Waals surface area contributed by atoms with Crippen molar-refractivity contribution in [1.82, 2.24) is 0 Å². The van der Waals surface area contributed by atoms with E-state index in [1.165, 1.54) is 4.90 Å². The molecule has 0 spiro atoms. The highest BCUT2D eigenvalue weighted by atomic mass is 35.5. The Hall–Kier alpha value is -2.93. The van der Waals surface area contributed by atoms with Crippen LogP contribution in [0.2, 0.25) is 5.02 Å². The predicted molar refractivity (Wildman–Crippen MR) is 135 cm³/mol. The second kappa shape index (κ2) is 8.20. The summed E-state index contributed by atoms with van der Waals surface area (Å²) in [7, 11) is 0. The number of hydrogen-bond donors (Lipinski definition) is 0. The molecule has 0 aromatic heterocycles. The van der Waals surface area contributed by atoms with E-state index in [0.717, 1.165) is 34.1 Å². The fourth-order valence-corrected chi connectivity index (χ4v) is 5.44. The molecule has 2 aliphatic rings. The topological polar surface area (TPSA) is 40.6 Å². The quantitative estimate of drug-likeness (QED) is 0.345. The van der Waals surface area contributed by atoms with E-state index < -0.39 is 0 Å². The SMILES string of the molecule is Cc1ccc(CN2C(=O)/C(=C3\SC(=S)N(c4cccc(Cl)c4)C3=O)c3ccccc32)cc1. The standard InChI is InChI=1S/C25H17ClN2O2S2/c1-15-9-11-16(12-10-15)14-27-20-8-3-2-7-19(20)21(23(27)29)22-24(30)28(25(31)32-22)18-6-4-5-17(26)13-18/h2-13H,14H2,1H3/b22-21-. The maximum Gasteiger partial charge on any atom is 0.271 e. The summed E-state index contributed by atoms with van der Waals surface area (Å²) in [6, 6.07) is 22.6. The first-order valence-electron chi connectivity index (χ1n) is 9.97. The number of anilines is 2. The smallest absolute Gasteiger partial charge is 0.271 e. The van der Waals surface area contributed by atoms with Crippen molar-refractivity contribution in [3.63, 3.8) is 0 Å². The summed E-state index contributed by atoms with van der Waals surface area (Å²) < 4.78 is 0.377. The molecule has 3 aromatic carbocycles. The van der Waals surface area contributed by atoms with Crippen LogP contribution in [0.5, 0.6) is 0 Å². The zero-order valence-electron chi connectivity index (χ0n) is 17.0. The number of rotatable bonds is 3. The van der Waals surface area contributed by atoms with E-state index in [2.05, 4.69) is 0 Å². The highest BCUT2D eigenvalue weighted by Crippen LogP contribution is 2.46. The number of hydrogen-bond acceptors (Lipinski definition) is 4. The second-order valence-corrected chi connectivity index (χ2v) is 9.67. The van der Waals surface area contributed by atoms with Crippen LogP contribution in [0.3, 0.4) is 0 Å². The van der Waals surface area contributed by atoms with Gasteiger partial charge in [-0.1, -0.05) is 89.7 Å². The van der Waals surface area contributed by atoms with E-state index in [9.17, 15) is 9.59 Å². The number of thioether (sulfide) groups is 1. The normalized spacial score (nSPS) is 18.0. The van der Waals surface area contributed by atoms with E-state index in [1.54, 1.807) is 29.2 Å². The molecule has 2 heterocycles. The van der Waals surface area contributed by atoms with Gasteiger partial charge in [0.2, 0.25) is 0 Å². The van der Waals surface area contributed by atoms with Crippen LogP contribution in [-0.4, -0.2) is 16.1 Å². The highest BCUT2D eigenvalue weighted by Gasteiger charge is 2.42. The van der Waals surface area contributed by atoms with Gasteiger partial charge >= 0.3 is 0 Å². The van der Waals surface area contributed by atoms with Gasteiger partial charge in [0, 0.05) is 10.6 Å². The maximum atomic E-state index is 13.6. The van der Waals surface area contributed by atoms with Crippen molar-refractivity contribution in [2.45, 2.75) is 13.5 Å². The second-order valence-electron chi connectivity index (χ2n) is 7.59. The molecule has 32 heavy (non-hydrogen) atoms. The minimum atomic E-state index is -0.308. The van der Waals surface area contributed by atoms with Crippen molar-refractivity contribution in [3.05, 3.63) is 99.4 Å². The van der Waals surface area contributed by atoms with Gasteiger partial charge in [-0.25, -0.2) is 0 Å². The Kier molecular flexibility index (Phi) is 5.37. The Morgan fingerprint density at radius 2 is 1.69 bits per heavy atom. The van der Waals surface area contributed by atoms with Crippen LogP contribution >= 0.6 is 35.6 Å². The third kappa shape index (κ3) is 3.54. The number of nitrogens with zero attached hydrogens (tertiary/aromatic N) is 2. The van der Waals surface area contributed by atoms with Gasteiger partial charge in [0.05, 0.1) is 28.4 Å². The predicted octanol–water partition coefficient (Wildman–Crippen LogP) is 5.97. The van der Waals surface area contributed by atoms with Crippen LogP contribution in [0.25, 0.3) is 5.57 Å². The monoisotopic (exact) mass is 476 g/mol. The number of fused-ring (bicyclic) bond motifs is 1. The van der Waals surface area contributed by atoms with E-state index in [0.29, 0.717) is 32.1 Å². The summed E-state index contributed by atoms with van der Waals surface area (Å²) in [5, 5.41) is 0.510. The van der Waals surface area contributed by atoms with Crippen LogP contribution in [0, 0.1) is 6.92 Å². The highest BCUT2D eigenvalue weighted by molar-refractivity contribution is 8.27. The Morgan fingerprint density at radius 3 is 2.44 bits per heavy atom. The lowest BCUT2D eigenvalue weighted by molar-refractivity contribution is -0.115. The van der Waals surface area contributed by atoms with Crippen LogP contribution in [0.4, 0.5) is 11.4 Å². The Bertz CT molecular complexity index is 1320. The van der Waals surface area contributed by atoms with Crippen LogP contribution in [0.15, 0.2) is 77.7 Å². The molecule has 0 unspecified atom stereocenters. The number of halogens is 1. The lowest BCUT2D eigenvalue weighted by Gasteiger charge is -2.17. The summed E-state index contributed by atoms with van der Waals surface area (Å²) >= 11 is 12.8. The first-order chi connectivity index (χ1) is 15.4. The van der Waals surface area contributed by atoms with Gasteiger partial charge in [-0.05, 0) is 36.8 Å². The molecule has 158 valence electrons. The maximum absolute atomic E-state index is 13.6. The van der Waals surface area contributed by atoms with Gasteiger partial charge in [-0.15, -0.1) is 0 Å². The summed E-state index contributed by atoms with van der Waals surface area (Å²) in [4.78, 5) is 30.5. The van der Waals surface area contributed by atoms with Gasteiger partial charge in [-0.3, -0.25) is 14.5 Å². The summed E-state index contributed by atoms with van der Waals surface area (Å²) in [6.07, 6.45) is 0. The van der Waals surface area contributed by atoms with Crippen molar-refractivity contribution in [2.24, 2.45) is 0 Å². The van der Waals surface area contributed by atoms with Gasteiger partial charge in [0.25, 0.3) is 11.8 Å². The molecule has 7 heteroatoms. The average molecular weight is 477 g/mol. The average Bonchev–Trinajstić information content (AvgIpc) is 3.22. The molecule has 0 bridgehead atoms. The van der Waals surface area contributed by atoms with Crippen molar-refractivity contribution in [3.8, 4) is 0 Å². The molecule has 2 aliphatic heterocycles. The van der Waals surface area contributed by atoms with Crippen molar-refractivity contribution < 1.29 is 9.59 Å². The zero-order chi connectivity index (χ0) is 22.4. The number of benzene rings is 3. The van der Waals surface area contributed by atoms with Gasteiger partial charge in [-0.2, -0.15) is 0 Å². The molecule has 0 N–H and O–H groups in total. The fourth-order valence-electron chi connectivity index (χ4n) is 3.89. The molecule has 4 nitrogen and oxygen atoms in total. The Labute approximate surface area is 200 Å². The number of aryl methyl sites for hydroxylation is 1. The molecule has 0 saturated carbocycles. The number of para-hydroxylation sites is 1. The number of carbonyl (C=O) groups excluding carboxylic acids is 2. The van der Waals surface area contributed by atoms with Crippen molar-refractivity contribution in [2.75, 3.05) is 9.80 Å². The molecule has 2 amide bonds. The lowest BCUT2D eigenvalue weighted by Crippen LogP contribution is -2.29. The number of carbonyl (C=O) groups is 2. The van der Waals surface area contributed by atoms with Crippen LogP contribution in [0.1, 0.15) is 16.7 Å². The van der Waals surface area contributed by atoms with Gasteiger partial charge < -0.3 is 4.90 Å². The van der Waals surface area contributed by atoms with E-state index in [1.807, 2.05) is 55.5 Å². The molecular formula is C25H17ClN2O2S2. The van der Waals surface area contributed by atoms with E-state index >= 15 is 0 Å². The van der Waals surface area contributed by atoms with Crippen LogP contribution < -0.4 is 9.80 Å². The zero-order valence-corrected chi connectivity index (χ0v) is 19.4. The minimum absolute atomic E-state index is 0.196.